The molecule has 0 saturated carbocycles. The number of rotatable bonds is 7. The third-order valence-electron chi connectivity index (χ3n) is 5.59. The first-order valence-corrected chi connectivity index (χ1v) is 11.2. The number of carbonyl (C=O) groups excluding carboxylic acids is 3. The van der Waals surface area contributed by atoms with Gasteiger partial charge in [0.05, 0.1) is 44.3 Å². The van der Waals surface area contributed by atoms with E-state index in [9.17, 15) is 14.4 Å². The number of benzene rings is 1. The van der Waals surface area contributed by atoms with Gasteiger partial charge in [0.1, 0.15) is 18.1 Å². The number of halogens is 2. The zero-order valence-electron chi connectivity index (χ0n) is 19.4. The van der Waals surface area contributed by atoms with Gasteiger partial charge < -0.3 is 19.5 Å². The van der Waals surface area contributed by atoms with Crippen molar-refractivity contribution in [3.8, 4) is 0 Å². The van der Waals surface area contributed by atoms with Gasteiger partial charge in [-0.05, 0) is 0 Å². The van der Waals surface area contributed by atoms with Crippen molar-refractivity contribution in [1.29, 1.82) is 0 Å². The van der Waals surface area contributed by atoms with Gasteiger partial charge >= 0.3 is 6.09 Å². The summed E-state index contributed by atoms with van der Waals surface area (Å²) in [5, 5.41) is 7.43. The van der Waals surface area contributed by atoms with E-state index in [-0.39, 0.29) is 63.1 Å². The van der Waals surface area contributed by atoms with E-state index in [1.807, 2.05) is 0 Å². The number of nitrogens with zero attached hydrogens (tertiary/aromatic N) is 5. The molecule has 3 heterocycles. The van der Waals surface area contributed by atoms with Crippen LogP contribution >= 0.6 is 0 Å². The van der Waals surface area contributed by atoms with E-state index < -0.39 is 29.7 Å². The Morgan fingerprint density at radius 2 is 2.06 bits per heavy atom. The SMILES string of the molecule is CC(=O)NC[C@H]1CN(c2cc(F)c(N3CCNN(C(=O)C=NCc4cnoc4)CC3)c(F)c2)C(=O)O1. The number of hydrazine groups is 1. The van der Waals surface area contributed by atoms with Crippen LogP contribution in [0.1, 0.15) is 12.5 Å². The Bertz CT molecular complexity index is 1120. The van der Waals surface area contributed by atoms with Crippen LogP contribution in [0, 0.1) is 11.6 Å². The van der Waals surface area contributed by atoms with Crippen LogP contribution in [0.3, 0.4) is 0 Å². The second-order valence-corrected chi connectivity index (χ2v) is 8.20. The van der Waals surface area contributed by atoms with E-state index in [1.165, 1.54) is 35.5 Å². The summed E-state index contributed by atoms with van der Waals surface area (Å²) in [5.41, 5.74) is 3.40. The van der Waals surface area contributed by atoms with E-state index >= 15 is 8.78 Å². The van der Waals surface area contributed by atoms with Crippen molar-refractivity contribution in [3.05, 3.63) is 41.8 Å². The second-order valence-electron chi connectivity index (χ2n) is 8.20. The summed E-state index contributed by atoms with van der Waals surface area (Å²) in [7, 11) is 0. The third-order valence-corrected chi connectivity index (χ3v) is 5.59. The fourth-order valence-corrected chi connectivity index (χ4v) is 3.85. The van der Waals surface area contributed by atoms with Gasteiger partial charge in [0.2, 0.25) is 5.91 Å². The number of carbonyl (C=O) groups is 3. The van der Waals surface area contributed by atoms with Gasteiger partial charge in [0, 0.05) is 44.3 Å². The van der Waals surface area contributed by atoms with Crippen LogP contribution in [0.4, 0.5) is 25.0 Å². The summed E-state index contributed by atoms with van der Waals surface area (Å²) in [6.07, 6.45) is 2.70. The van der Waals surface area contributed by atoms with Crippen molar-refractivity contribution in [1.82, 2.24) is 20.9 Å². The lowest BCUT2D eigenvalue weighted by molar-refractivity contribution is -0.126. The molecule has 0 aliphatic carbocycles. The lowest BCUT2D eigenvalue weighted by atomic mass is 10.2. The highest BCUT2D eigenvalue weighted by Gasteiger charge is 2.34. The van der Waals surface area contributed by atoms with Gasteiger partial charge in [0.15, 0.2) is 11.6 Å². The monoisotopic (exact) mass is 505 g/mol. The Balaban J connectivity index is 1.38. The molecule has 2 aromatic rings. The van der Waals surface area contributed by atoms with Crippen LogP contribution in [0.15, 0.2) is 34.1 Å². The molecule has 14 heteroatoms. The summed E-state index contributed by atoms with van der Waals surface area (Å²) in [4.78, 5) is 42.4. The lowest BCUT2D eigenvalue weighted by Crippen LogP contribution is -2.44. The maximum Gasteiger partial charge on any atom is 0.414 e. The fourth-order valence-electron chi connectivity index (χ4n) is 3.85. The van der Waals surface area contributed by atoms with Crippen LogP contribution in [-0.2, 0) is 20.9 Å². The minimum atomic E-state index is -0.849. The van der Waals surface area contributed by atoms with Crippen LogP contribution in [0.2, 0.25) is 0 Å². The molecule has 2 saturated heterocycles. The predicted molar refractivity (Wildman–Crippen MR) is 123 cm³/mol. The van der Waals surface area contributed by atoms with Crippen molar-refractivity contribution in [2.75, 3.05) is 49.1 Å². The van der Waals surface area contributed by atoms with Crippen LogP contribution in [0.25, 0.3) is 0 Å². The number of amides is 3. The molecule has 0 unspecified atom stereocenters. The van der Waals surface area contributed by atoms with Crippen molar-refractivity contribution in [2.45, 2.75) is 19.6 Å². The topological polar surface area (TPSA) is 133 Å². The standard InChI is InChI=1S/C22H25F2N7O5/c1-14(32)26-10-17-12-30(22(34)36-17)16-6-18(23)21(19(24)7-16)29-3-2-27-31(5-4-29)20(33)11-25-8-15-9-28-35-13-15/h6-7,9,11,13,17,27H,2-5,8,10,12H2,1H3,(H,26,32)/t17-/m0/s1. The van der Waals surface area contributed by atoms with Crippen molar-refractivity contribution in [3.63, 3.8) is 0 Å². The van der Waals surface area contributed by atoms with Gasteiger partial charge in [-0.15, -0.1) is 0 Å². The molecule has 2 aliphatic rings. The molecule has 1 atom stereocenters. The Morgan fingerprint density at radius 1 is 1.28 bits per heavy atom. The molecule has 36 heavy (non-hydrogen) atoms. The number of ether oxygens (including phenoxy) is 1. The molecule has 1 aromatic heterocycles. The Hall–Kier alpha value is -4.07. The number of aromatic nitrogens is 1. The first-order chi connectivity index (χ1) is 17.3. The van der Waals surface area contributed by atoms with Crippen LogP contribution < -0.4 is 20.5 Å². The molecule has 12 nitrogen and oxygen atoms in total. The van der Waals surface area contributed by atoms with Crippen molar-refractivity contribution in [2.24, 2.45) is 4.99 Å². The molecule has 0 bridgehead atoms. The summed E-state index contributed by atoms with van der Waals surface area (Å²) >= 11 is 0. The Labute approximate surface area is 204 Å². The largest absolute Gasteiger partial charge is 0.442 e. The number of hydrogen-bond acceptors (Lipinski definition) is 9. The molecule has 2 aliphatic heterocycles. The first kappa shape index (κ1) is 25.0. The van der Waals surface area contributed by atoms with Gasteiger partial charge in [-0.25, -0.2) is 19.0 Å². The average molecular weight is 505 g/mol. The van der Waals surface area contributed by atoms with E-state index in [2.05, 4.69) is 20.9 Å². The number of cyclic esters (lactones) is 1. The van der Waals surface area contributed by atoms with E-state index in [0.29, 0.717) is 5.56 Å². The predicted octanol–water partition coefficient (Wildman–Crippen LogP) is 0.838. The highest BCUT2D eigenvalue weighted by Crippen LogP contribution is 2.31. The summed E-state index contributed by atoms with van der Waals surface area (Å²) in [6, 6.07) is 2.14. The minimum Gasteiger partial charge on any atom is -0.442 e. The summed E-state index contributed by atoms with van der Waals surface area (Å²) < 4.78 is 40.0. The maximum absolute atomic E-state index is 15.1. The molecule has 0 spiro atoms. The van der Waals surface area contributed by atoms with Crippen LogP contribution in [0.5, 0.6) is 0 Å². The van der Waals surface area contributed by atoms with Gasteiger partial charge in [0.25, 0.3) is 5.91 Å². The third kappa shape index (κ3) is 5.94. The normalized spacial score (nSPS) is 18.5. The van der Waals surface area contributed by atoms with Crippen LogP contribution in [-0.4, -0.2) is 79.7 Å². The first-order valence-electron chi connectivity index (χ1n) is 11.2. The maximum atomic E-state index is 15.1. The van der Waals surface area contributed by atoms with E-state index in [1.54, 1.807) is 0 Å². The Morgan fingerprint density at radius 3 is 2.75 bits per heavy atom. The molecular weight excluding hydrogens is 480 g/mol. The zero-order chi connectivity index (χ0) is 25.7. The van der Waals surface area contributed by atoms with E-state index in [0.717, 1.165) is 17.0 Å². The highest BCUT2D eigenvalue weighted by atomic mass is 19.1. The van der Waals surface area contributed by atoms with Gasteiger partial charge in [-0.1, -0.05) is 5.16 Å². The molecular formula is C22H25F2N7O5. The van der Waals surface area contributed by atoms with Gasteiger partial charge in [-0.2, -0.15) is 0 Å². The van der Waals surface area contributed by atoms with Gasteiger partial charge in [-0.3, -0.25) is 24.5 Å². The molecule has 192 valence electrons. The molecule has 4 rings (SSSR count). The number of nitrogens with one attached hydrogen (secondary N) is 2. The number of anilines is 2. The molecule has 2 N–H and O–H groups in total. The average Bonchev–Trinajstić information content (AvgIpc) is 3.41. The highest BCUT2D eigenvalue weighted by molar-refractivity contribution is 6.25. The fraction of sp³-hybridized carbons (Fsp3) is 0.409. The Kier molecular flexibility index (Phi) is 7.73. The second kappa shape index (κ2) is 11.1. The summed E-state index contributed by atoms with van der Waals surface area (Å²) in [6.45, 7) is 2.52. The van der Waals surface area contributed by atoms with Crippen molar-refractivity contribution < 1.29 is 32.4 Å². The van der Waals surface area contributed by atoms with E-state index in [4.69, 9.17) is 9.26 Å². The number of hydrogen-bond donors (Lipinski definition) is 2. The molecule has 1 aromatic carbocycles. The molecule has 3 amide bonds. The summed E-state index contributed by atoms with van der Waals surface area (Å²) in [5.74, 6) is -2.38. The number of aliphatic imine (C=N–C) groups is 1. The quantitative estimate of drug-likeness (QED) is 0.529. The molecule has 2 fully saturated rings. The molecule has 0 radical (unpaired) electrons. The minimum absolute atomic E-state index is 0.0119. The van der Waals surface area contributed by atoms with Crippen molar-refractivity contribution >= 4 is 35.5 Å². The lowest BCUT2D eigenvalue weighted by Gasteiger charge is -2.24. The smallest absolute Gasteiger partial charge is 0.414 e. The zero-order valence-corrected chi connectivity index (χ0v) is 19.4.